The smallest absolute Gasteiger partial charge is 0.229 e. The highest BCUT2D eigenvalue weighted by molar-refractivity contribution is 7.92. The zero-order valence-electron chi connectivity index (χ0n) is 20.6. The fourth-order valence-corrected chi connectivity index (χ4v) is 5.65. The topological polar surface area (TPSA) is 88.5 Å². The van der Waals surface area contributed by atoms with Gasteiger partial charge in [-0.2, -0.15) is 0 Å². The zero-order valence-corrected chi connectivity index (χ0v) is 22.3. The van der Waals surface area contributed by atoms with Gasteiger partial charge in [0.1, 0.15) is 11.8 Å². The van der Waals surface area contributed by atoms with Crippen LogP contribution in [0.15, 0.2) is 85.2 Å². The van der Waals surface area contributed by atoms with Crippen molar-refractivity contribution in [3.63, 3.8) is 0 Å². The molecule has 0 saturated carbocycles. The highest BCUT2D eigenvalue weighted by Gasteiger charge is 2.42. The largest absolute Gasteiger partial charge is 0.495 e. The van der Waals surface area contributed by atoms with Crippen LogP contribution in [0.4, 0.5) is 11.4 Å². The molecule has 2 N–H and O–H groups in total. The fraction of sp³-hybridized carbons (Fsp3) is 0.185. The Labute approximate surface area is 222 Å². The summed E-state index contributed by atoms with van der Waals surface area (Å²) in [6, 6.07) is 22.9. The maximum absolute atomic E-state index is 12.1. The lowest BCUT2D eigenvalue weighted by atomic mass is 10.0. The van der Waals surface area contributed by atoms with Crippen molar-refractivity contribution in [2.24, 2.45) is 0 Å². The van der Waals surface area contributed by atoms with Gasteiger partial charge >= 0.3 is 0 Å². The van der Waals surface area contributed by atoms with Gasteiger partial charge in [0.15, 0.2) is 5.11 Å². The van der Waals surface area contributed by atoms with Gasteiger partial charge in [0.05, 0.1) is 30.8 Å². The molecule has 1 fully saturated rings. The number of anilines is 2. The molecule has 0 bridgehead atoms. The van der Waals surface area contributed by atoms with Crippen molar-refractivity contribution >= 4 is 38.7 Å². The molecule has 2 atom stereocenters. The van der Waals surface area contributed by atoms with Crippen LogP contribution in [0.3, 0.4) is 0 Å². The van der Waals surface area contributed by atoms with Crippen molar-refractivity contribution < 1.29 is 13.2 Å². The standard InChI is InChI=1S/C27H27N5O3S2/c1-18-9-4-5-11-22(18)31-16-8-12-23(31)26-25(20-10-6-7-15-28-20)29-27(36)32(26)19-13-14-24(35-2)21(17-19)30-37(3,33)34/h4-17,25-26,30H,1-3H3,(H,29,36)/t25-,26+/m0/s1. The zero-order chi connectivity index (χ0) is 26.2. The number of sulfonamides is 1. The minimum Gasteiger partial charge on any atom is -0.495 e. The number of thiocarbonyl (C=S) groups is 1. The molecule has 0 amide bonds. The molecule has 0 spiro atoms. The lowest BCUT2D eigenvalue weighted by molar-refractivity contribution is 0.417. The Balaban J connectivity index is 1.68. The van der Waals surface area contributed by atoms with Gasteiger partial charge in [-0.3, -0.25) is 9.71 Å². The number of nitrogens with zero attached hydrogens (tertiary/aromatic N) is 3. The van der Waals surface area contributed by atoms with Gasteiger partial charge < -0.3 is 19.5 Å². The number of nitrogens with one attached hydrogen (secondary N) is 2. The Kier molecular flexibility index (Phi) is 6.61. The van der Waals surface area contributed by atoms with Crippen molar-refractivity contribution in [2.75, 3.05) is 23.0 Å². The summed E-state index contributed by atoms with van der Waals surface area (Å²) in [5.41, 5.74) is 5.10. The van der Waals surface area contributed by atoms with Crippen LogP contribution in [0.1, 0.15) is 29.0 Å². The highest BCUT2D eigenvalue weighted by Crippen LogP contribution is 2.44. The minimum absolute atomic E-state index is 0.250. The molecule has 0 radical (unpaired) electrons. The first kappa shape index (κ1) is 24.8. The van der Waals surface area contributed by atoms with Crippen LogP contribution in [-0.2, 0) is 10.0 Å². The lowest BCUT2D eigenvalue weighted by Crippen LogP contribution is -2.30. The average Bonchev–Trinajstić information content (AvgIpc) is 3.48. The van der Waals surface area contributed by atoms with Crippen molar-refractivity contribution in [1.29, 1.82) is 0 Å². The molecular formula is C27H27N5O3S2. The molecule has 1 aliphatic rings. The first-order chi connectivity index (χ1) is 17.8. The summed E-state index contributed by atoms with van der Waals surface area (Å²) in [5, 5.41) is 3.97. The molecule has 8 nitrogen and oxygen atoms in total. The quantitative estimate of drug-likeness (QED) is 0.332. The first-order valence-corrected chi connectivity index (χ1v) is 14.0. The summed E-state index contributed by atoms with van der Waals surface area (Å²) in [4.78, 5) is 6.63. The molecule has 1 aliphatic heterocycles. The van der Waals surface area contributed by atoms with Crippen LogP contribution in [0.25, 0.3) is 5.69 Å². The van der Waals surface area contributed by atoms with E-state index in [0.717, 1.165) is 28.9 Å². The second-order valence-corrected chi connectivity index (χ2v) is 11.0. The molecule has 10 heteroatoms. The Morgan fingerprint density at radius 1 is 1.05 bits per heavy atom. The number of aryl methyl sites for hydroxylation is 1. The van der Waals surface area contributed by atoms with Gasteiger partial charge in [0.25, 0.3) is 0 Å². The van der Waals surface area contributed by atoms with Gasteiger partial charge in [-0.1, -0.05) is 24.3 Å². The molecule has 0 aliphatic carbocycles. The third-order valence-electron chi connectivity index (χ3n) is 6.31. The third-order valence-corrected chi connectivity index (χ3v) is 7.22. The number of hydrogen-bond acceptors (Lipinski definition) is 5. The monoisotopic (exact) mass is 533 g/mol. The molecule has 4 aromatic rings. The van der Waals surface area contributed by atoms with E-state index in [9.17, 15) is 8.42 Å². The summed E-state index contributed by atoms with van der Waals surface area (Å²) < 4.78 is 34.2. The van der Waals surface area contributed by atoms with E-state index in [2.05, 4.69) is 44.7 Å². The van der Waals surface area contributed by atoms with Crippen molar-refractivity contribution in [3.05, 3.63) is 102 Å². The van der Waals surface area contributed by atoms with Gasteiger partial charge in [-0.25, -0.2) is 8.42 Å². The van der Waals surface area contributed by atoms with Gasteiger partial charge in [-0.05, 0) is 73.2 Å². The van der Waals surface area contributed by atoms with Crippen molar-refractivity contribution in [2.45, 2.75) is 19.0 Å². The summed E-state index contributed by atoms with van der Waals surface area (Å²) in [6.07, 6.45) is 4.91. The molecule has 37 heavy (non-hydrogen) atoms. The number of ether oxygens (including phenoxy) is 1. The minimum atomic E-state index is -3.53. The third kappa shape index (κ3) is 4.90. The summed E-state index contributed by atoms with van der Waals surface area (Å²) in [5.74, 6) is 0.411. The van der Waals surface area contributed by atoms with E-state index in [-0.39, 0.29) is 12.1 Å². The molecule has 2 aromatic carbocycles. The average molecular weight is 534 g/mol. The maximum Gasteiger partial charge on any atom is 0.229 e. The maximum atomic E-state index is 12.1. The van der Waals surface area contributed by atoms with Crippen LogP contribution >= 0.6 is 12.2 Å². The summed E-state index contributed by atoms with van der Waals surface area (Å²) in [7, 11) is -2.03. The van der Waals surface area contributed by atoms with Crippen LogP contribution < -0.4 is 19.7 Å². The molecular weight excluding hydrogens is 506 g/mol. The number of benzene rings is 2. The van der Waals surface area contributed by atoms with Crippen LogP contribution in [0, 0.1) is 6.92 Å². The number of hydrogen-bond donors (Lipinski definition) is 2. The van der Waals surface area contributed by atoms with Crippen molar-refractivity contribution in [1.82, 2.24) is 14.9 Å². The molecule has 5 rings (SSSR count). The van der Waals surface area contributed by atoms with Crippen LogP contribution in [-0.4, -0.2) is 36.4 Å². The molecule has 3 heterocycles. The highest BCUT2D eigenvalue weighted by atomic mass is 32.2. The summed E-state index contributed by atoms with van der Waals surface area (Å²) >= 11 is 5.86. The van der Waals surface area contributed by atoms with E-state index in [1.165, 1.54) is 7.11 Å². The van der Waals surface area contributed by atoms with E-state index in [0.29, 0.717) is 22.2 Å². The van der Waals surface area contributed by atoms with Crippen LogP contribution in [0.2, 0.25) is 0 Å². The van der Waals surface area contributed by atoms with E-state index in [1.54, 1.807) is 18.3 Å². The molecule has 0 unspecified atom stereocenters. The van der Waals surface area contributed by atoms with E-state index < -0.39 is 10.0 Å². The molecule has 2 aromatic heterocycles. The lowest BCUT2D eigenvalue weighted by Gasteiger charge is -2.29. The number of para-hydroxylation sites is 1. The Hall–Kier alpha value is -3.89. The SMILES string of the molecule is COc1ccc(N2C(=S)N[C@@H](c3ccccn3)[C@H]2c2cccn2-c2ccccc2C)cc1NS(C)(=O)=O. The Morgan fingerprint density at radius 2 is 1.84 bits per heavy atom. The molecule has 190 valence electrons. The second kappa shape index (κ2) is 9.87. The Morgan fingerprint density at radius 3 is 2.54 bits per heavy atom. The molecule has 1 saturated heterocycles. The van der Waals surface area contributed by atoms with Gasteiger partial charge in [0.2, 0.25) is 10.0 Å². The number of rotatable bonds is 7. The second-order valence-electron chi connectivity index (χ2n) is 8.84. The van der Waals surface area contributed by atoms with E-state index in [1.807, 2.05) is 53.6 Å². The van der Waals surface area contributed by atoms with E-state index in [4.69, 9.17) is 17.0 Å². The Bertz CT molecular complexity index is 1550. The van der Waals surface area contributed by atoms with E-state index >= 15 is 0 Å². The van der Waals surface area contributed by atoms with Gasteiger partial charge in [-0.15, -0.1) is 0 Å². The first-order valence-electron chi connectivity index (χ1n) is 11.7. The number of methoxy groups -OCH3 is 1. The predicted octanol–water partition coefficient (Wildman–Crippen LogP) is 4.74. The van der Waals surface area contributed by atoms with Gasteiger partial charge in [0, 0.05) is 29.5 Å². The van der Waals surface area contributed by atoms with Crippen molar-refractivity contribution in [3.8, 4) is 11.4 Å². The number of aromatic nitrogens is 2. The van der Waals surface area contributed by atoms with Crippen LogP contribution in [0.5, 0.6) is 5.75 Å². The summed E-state index contributed by atoms with van der Waals surface area (Å²) in [6.45, 7) is 2.08. The predicted molar refractivity (Wildman–Crippen MR) is 150 cm³/mol. The normalized spacial score (nSPS) is 17.5. The fourth-order valence-electron chi connectivity index (χ4n) is 4.75. The number of pyridine rings is 1.